The molecule has 0 aromatic heterocycles. The van der Waals surface area contributed by atoms with Gasteiger partial charge in [-0.1, -0.05) is 24.2 Å². The number of rotatable bonds is 3. The summed E-state index contributed by atoms with van der Waals surface area (Å²) in [5.74, 6) is 0. The van der Waals surface area contributed by atoms with E-state index in [1.165, 1.54) is 38.5 Å². The van der Waals surface area contributed by atoms with Gasteiger partial charge in [0, 0.05) is 26.2 Å². The summed E-state index contributed by atoms with van der Waals surface area (Å²) in [6, 6.07) is 0. The lowest BCUT2D eigenvalue weighted by Gasteiger charge is -2.41. The summed E-state index contributed by atoms with van der Waals surface area (Å²) in [7, 11) is 0. The standard InChI is InChI=1S/C11H23N2OPS/c1-16-15(14,12-8-4-2-5-9-12)13-10-6-3-7-11-13/h2-11H2,1H3. The van der Waals surface area contributed by atoms with E-state index in [-0.39, 0.29) is 0 Å². The minimum Gasteiger partial charge on any atom is -0.277 e. The van der Waals surface area contributed by atoms with E-state index in [1.54, 1.807) is 11.4 Å². The zero-order valence-corrected chi connectivity index (χ0v) is 11.9. The van der Waals surface area contributed by atoms with Gasteiger partial charge in [0.2, 0.25) is 0 Å². The van der Waals surface area contributed by atoms with Gasteiger partial charge in [-0.3, -0.25) is 4.57 Å². The molecule has 0 spiro atoms. The Bertz CT molecular complexity index is 241. The van der Waals surface area contributed by atoms with E-state index in [0.29, 0.717) is 0 Å². The quantitative estimate of drug-likeness (QED) is 0.727. The lowest BCUT2D eigenvalue weighted by Crippen LogP contribution is -2.36. The van der Waals surface area contributed by atoms with Crippen molar-refractivity contribution in [1.82, 2.24) is 9.34 Å². The molecule has 2 aliphatic heterocycles. The predicted molar refractivity (Wildman–Crippen MR) is 72.0 cm³/mol. The molecule has 16 heavy (non-hydrogen) atoms. The molecule has 0 amide bonds. The van der Waals surface area contributed by atoms with Crippen molar-refractivity contribution in [2.75, 3.05) is 32.4 Å². The Morgan fingerprint density at radius 2 is 1.19 bits per heavy atom. The van der Waals surface area contributed by atoms with Crippen LogP contribution in [-0.2, 0) is 4.57 Å². The fourth-order valence-corrected chi connectivity index (χ4v) is 7.43. The van der Waals surface area contributed by atoms with Crippen molar-refractivity contribution < 1.29 is 4.57 Å². The van der Waals surface area contributed by atoms with E-state index < -0.39 is 6.65 Å². The second kappa shape index (κ2) is 5.90. The summed E-state index contributed by atoms with van der Waals surface area (Å²) < 4.78 is 17.6. The van der Waals surface area contributed by atoms with Crippen molar-refractivity contribution >= 4 is 18.0 Å². The topological polar surface area (TPSA) is 23.6 Å². The Morgan fingerprint density at radius 3 is 1.50 bits per heavy atom. The molecule has 0 saturated carbocycles. The first-order valence-corrected chi connectivity index (χ1v) is 9.88. The van der Waals surface area contributed by atoms with Crippen LogP contribution in [0, 0.1) is 0 Å². The van der Waals surface area contributed by atoms with E-state index >= 15 is 0 Å². The van der Waals surface area contributed by atoms with E-state index in [1.807, 2.05) is 6.26 Å². The van der Waals surface area contributed by atoms with Crippen LogP contribution in [0.4, 0.5) is 0 Å². The monoisotopic (exact) mass is 262 g/mol. The highest BCUT2D eigenvalue weighted by molar-refractivity contribution is 8.56. The van der Waals surface area contributed by atoms with Crippen LogP contribution in [0.5, 0.6) is 0 Å². The van der Waals surface area contributed by atoms with Gasteiger partial charge in [0.25, 0.3) is 6.65 Å². The molecular weight excluding hydrogens is 239 g/mol. The fraction of sp³-hybridized carbons (Fsp3) is 1.00. The number of piperidine rings is 2. The molecule has 0 bridgehead atoms. The van der Waals surface area contributed by atoms with E-state index in [9.17, 15) is 4.57 Å². The van der Waals surface area contributed by atoms with Gasteiger partial charge >= 0.3 is 0 Å². The Kier molecular flexibility index (Phi) is 4.77. The molecule has 0 atom stereocenters. The van der Waals surface area contributed by atoms with E-state index in [4.69, 9.17) is 0 Å². The van der Waals surface area contributed by atoms with Crippen molar-refractivity contribution in [3.05, 3.63) is 0 Å². The van der Waals surface area contributed by atoms with Gasteiger partial charge in [-0.25, -0.2) is 9.34 Å². The third-order valence-electron chi connectivity index (χ3n) is 3.62. The summed E-state index contributed by atoms with van der Waals surface area (Å²) in [5, 5.41) is 0. The second-order valence-corrected chi connectivity index (χ2v) is 9.70. The van der Waals surface area contributed by atoms with E-state index in [0.717, 1.165) is 26.2 Å². The van der Waals surface area contributed by atoms with Gasteiger partial charge in [-0.2, -0.15) is 0 Å². The van der Waals surface area contributed by atoms with Gasteiger partial charge in [-0.05, 0) is 31.9 Å². The maximum Gasteiger partial charge on any atom is 0.271 e. The molecule has 0 aromatic carbocycles. The van der Waals surface area contributed by atoms with Gasteiger partial charge < -0.3 is 0 Å². The van der Waals surface area contributed by atoms with Crippen LogP contribution in [0.25, 0.3) is 0 Å². The summed E-state index contributed by atoms with van der Waals surface area (Å²) in [5.41, 5.74) is 0. The van der Waals surface area contributed by atoms with Crippen molar-refractivity contribution in [2.24, 2.45) is 0 Å². The van der Waals surface area contributed by atoms with Crippen molar-refractivity contribution in [2.45, 2.75) is 38.5 Å². The SMILES string of the molecule is CSP(=O)(N1CCCCC1)N1CCCCC1. The molecule has 5 heteroatoms. The zero-order valence-electron chi connectivity index (χ0n) is 10.2. The first-order valence-electron chi connectivity index (χ1n) is 6.44. The maximum atomic E-state index is 13.1. The zero-order chi connectivity index (χ0) is 11.4. The highest BCUT2D eigenvalue weighted by Crippen LogP contribution is 2.64. The highest BCUT2D eigenvalue weighted by atomic mass is 32.7. The fourth-order valence-electron chi connectivity index (χ4n) is 2.67. The average molecular weight is 262 g/mol. The lowest BCUT2D eigenvalue weighted by atomic mass is 10.2. The summed E-state index contributed by atoms with van der Waals surface area (Å²) in [6.45, 7) is 1.88. The van der Waals surface area contributed by atoms with Crippen LogP contribution in [0.2, 0.25) is 0 Å². The van der Waals surface area contributed by atoms with Gasteiger partial charge in [0.1, 0.15) is 0 Å². The summed E-state index contributed by atoms with van der Waals surface area (Å²) in [4.78, 5) is 0. The molecule has 94 valence electrons. The van der Waals surface area contributed by atoms with Crippen LogP contribution in [-0.4, -0.2) is 41.8 Å². The Hall–Kier alpha value is 0.500. The average Bonchev–Trinajstić information content (AvgIpc) is 2.40. The Labute approximate surface area is 103 Å². The molecule has 3 nitrogen and oxygen atoms in total. The van der Waals surface area contributed by atoms with Gasteiger partial charge in [0.15, 0.2) is 0 Å². The molecule has 0 unspecified atom stereocenters. The number of nitrogens with zero attached hydrogens (tertiary/aromatic N) is 2. The normalized spacial score (nSPS) is 25.8. The molecule has 0 aliphatic carbocycles. The second-order valence-electron chi connectivity index (χ2n) is 4.70. The van der Waals surface area contributed by atoms with Crippen LogP contribution < -0.4 is 0 Å². The van der Waals surface area contributed by atoms with Gasteiger partial charge in [-0.15, -0.1) is 0 Å². The molecule has 0 aromatic rings. The maximum absolute atomic E-state index is 13.1. The van der Waals surface area contributed by atoms with Crippen molar-refractivity contribution in [1.29, 1.82) is 0 Å². The molecule has 2 rings (SSSR count). The Morgan fingerprint density at radius 1 is 0.812 bits per heavy atom. The molecule has 2 saturated heterocycles. The summed E-state index contributed by atoms with van der Waals surface area (Å²) in [6.07, 6.45) is 9.52. The smallest absolute Gasteiger partial charge is 0.271 e. The highest BCUT2D eigenvalue weighted by Gasteiger charge is 2.37. The van der Waals surface area contributed by atoms with Crippen LogP contribution in [0.15, 0.2) is 0 Å². The van der Waals surface area contributed by atoms with E-state index in [2.05, 4.69) is 9.34 Å². The number of hydrogen-bond acceptors (Lipinski definition) is 2. The number of hydrogen-bond donors (Lipinski definition) is 0. The molecule has 2 heterocycles. The third-order valence-corrected chi connectivity index (χ3v) is 9.14. The van der Waals surface area contributed by atoms with Crippen LogP contribution in [0.3, 0.4) is 0 Å². The van der Waals surface area contributed by atoms with Crippen molar-refractivity contribution in [3.8, 4) is 0 Å². The van der Waals surface area contributed by atoms with Gasteiger partial charge in [0.05, 0.1) is 0 Å². The molecule has 2 aliphatic rings. The molecular formula is C11H23N2OPS. The lowest BCUT2D eigenvalue weighted by molar-refractivity contribution is 0.287. The minimum atomic E-state index is -2.27. The third kappa shape index (κ3) is 2.66. The largest absolute Gasteiger partial charge is 0.277 e. The van der Waals surface area contributed by atoms with Crippen LogP contribution in [0.1, 0.15) is 38.5 Å². The van der Waals surface area contributed by atoms with Crippen LogP contribution >= 0.6 is 18.0 Å². The minimum absolute atomic E-state index is 1.04. The molecule has 2 fully saturated rings. The molecule has 0 N–H and O–H groups in total. The Balaban J connectivity index is 2.06. The summed E-state index contributed by atoms with van der Waals surface area (Å²) >= 11 is 1.59. The molecule has 0 radical (unpaired) electrons. The first kappa shape index (κ1) is 12.9. The first-order chi connectivity index (χ1) is 7.77. The predicted octanol–water partition coefficient (Wildman–Crippen LogP) is 3.43. The van der Waals surface area contributed by atoms with Crippen molar-refractivity contribution in [3.63, 3.8) is 0 Å².